The molecule has 0 aromatic heterocycles. The van der Waals surface area contributed by atoms with Gasteiger partial charge < -0.3 is 10.2 Å². The summed E-state index contributed by atoms with van der Waals surface area (Å²) in [7, 11) is 2.00. The Morgan fingerprint density at radius 3 is 2.47 bits per heavy atom. The molecule has 2 aliphatic rings. The van der Waals surface area contributed by atoms with Crippen LogP contribution < -0.4 is 5.32 Å². The zero-order valence-corrected chi connectivity index (χ0v) is 8.85. The van der Waals surface area contributed by atoms with E-state index >= 15 is 0 Å². The maximum atomic E-state index is 12.4. The highest BCUT2D eigenvalue weighted by Gasteiger charge is 2.44. The number of halogens is 3. The SMILES string of the molecule is CN(CC1CC(C(F)(F)F)CN1)C1CC1. The van der Waals surface area contributed by atoms with E-state index in [1.165, 1.54) is 12.8 Å². The van der Waals surface area contributed by atoms with Crippen molar-refractivity contribution in [3.05, 3.63) is 0 Å². The van der Waals surface area contributed by atoms with Crippen LogP contribution in [-0.4, -0.2) is 43.3 Å². The lowest BCUT2D eigenvalue weighted by Gasteiger charge is -2.20. The molecule has 2 unspecified atom stereocenters. The molecule has 0 aromatic rings. The van der Waals surface area contributed by atoms with E-state index in [4.69, 9.17) is 0 Å². The van der Waals surface area contributed by atoms with Crippen molar-refractivity contribution in [2.75, 3.05) is 20.1 Å². The number of alkyl halides is 3. The van der Waals surface area contributed by atoms with Gasteiger partial charge in [0, 0.05) is 25.2 Å². The lowest BCUT2D eigenvalue weighted by Crippen LogP contribution is -2.36. The first kappa shape index (κ1) is 11.2. The van der Waals surface area contributed by atoms with Crippen molar-refractivity contribution >= 4 is 0 Å². The first-order valence-electron chi connectivity index (χ1n) is 5.47. The van der Waals surface area contributed by atoms with Crippen LogP contribution in [0.3, 0.4) is 0 Å². The Balaban J connectivity index is 1.77. The van der Waals surface area contributed by atoms with Gasteiger partial charge >= 0.3 is 6.18 Å². The number of likely N-dealkylation sites (N-methyl/N-ethyl adjacent to an activating group) is 1. The third-order valence-electron chi connectivity index (χ3n) is 3.36. The third-order valence-corrected chi connectivity index (χ3v) is 3.36. The van der Waals surface area contributed by atoms with Crippen molar-refractivity contribution in [2.45, 2.75) is 37.5 Å². The van der Waals surface area contributed by atoms with Gasteiger partial charge in [-0.3, -0.25) is 0 Å². The second kappa shape index (κ2) is 3.94. The average Bonchev–Trinajstić information content (AvgIpc) is 2.86. The molecule has 0 aromatic carbocycles. The van der Waals surface area contributed by atoms with Gasteiger partial charge in [-0.1, -0.05) is 0 Å². The van der Waals surface area contributed by atoms with Crippen molar-refractivity contribution in [3.8, 4) is 0 Å². The van der Waals surface area contributed by atoms with E-state index in [2.05, 4.69) is 10.2 Å². The largest absolute Gasteiger partial charge is 0.393 e. The minimum absolute atomic E-state index is 0.0159. The van der Waals surface area contributed by atoms with Gasteiger partial charge in [-0.15, -0.1) is 0 Å². The Labute approximate surface area is 87.8 Å². The maximum absolute atomic E-state index is 12.4. The fourth-order valence-electron chi connectivity index (χ4n) is 2.22. The summed E-state index contributed by atoms with van der Waals surface area (Å²) in [6, 6.07) is 0.638. The minimum Gasteiger partial charge on any atom is -0.312 e. The highest BCUT2D eigenvalue weighted by molar-refractivity contribution is 4.90. The maximum Gasteiger partial charge on any atom is 0.393 e. The van der Waals surface area contributed by atoms with E-state index < -0.39 is 12.1 Å². The molecule has 0 bridgehead atoms. The number of hydrogen-bond donors (Lipinski definition) is 1. The second-order valence-electron chi connectivity index (χ2n) is 4.75. The first-order valence-corrected chi connectivity index (χ1v) is 5.47. The number of nitrogens with one attached hydrogen (secondary N) is 1. The van der Waals surface area contributed by atoms with Gasteiger partial charge in [-0.05, 0) is 26.3 Å². The molecule has 0 amide bonds. The summed E-state index contributed by atoms with van der Waals surface area (Å²) in [4.78, 5) is 2.18. The Kier molecular flexibility index (Phi) is 2.94. The van der Waals surface area contributed by atoms with Gasteiger partial charge in [-0.25, -0.2) is 0 Å². The Bertz CT molecular complexity index is 225. The summed E-state index contributed by atoms with van der Waals surface area (Å²) >= 11 is 0. The van der Waals surface area contributed by atoms with Crippen molar-refractivity contribution in [2.24, 2.45) is 5.92 Å². The van der Waals surface area contributed by atoms with Gasteiger partial charge in [0.05, 0.1) is 5.92 Å². The van der Waals surface area contributed by atoms with E-state index in [1.54, 1.807) is 0 Å². The van der Waals surface area contributed by atoms with Gasteiger partial charge in [-0.2, -0.15) is 13.2 Å². The molecule has 2 rings (SSSR count). The van der Waals surface area contributed by atoms with Crippen molar-refractivity contribution in [3.63, 3.8) is 0 Å². The van der Waals surface area contributed by atoms with Crippen LogP contribution in [0.15, 0.2) is 0 Å². The fourth-order valence-corrected chi connectivity index (χ4v) is 2.22. The van der Waals surface area contributed by atoms with Gasteiger partial charge in [0.2, 0.25) is 0 Å². The molecule has 0 spiro atoms. The normalized spacial score (nSPS) is 32.6. The molecular formula is C10H17F3N2. The quantitative estimate of drug-likeness (QED) is 0.780. The zero-order chi connectivity index (χ0) is 11.1. The Morgan fingerprint density at radius 2 is 2.00 bits per heavy atom. The van der Waals surface area contributed by atoms with Crippen LogP contribution in [0.25, 0.3) is 0 Å². The first-order chi connectivity index (χ1) is 6.97. The van der Waals surface area contributed by atoms with Gasteiger partial charge in [0.1, 0.15) is 0 Å². The van der Waals surface area contributed by atoms with E-state index in [0.717, 1.165) is 6.54 Å². The molecule has 5 heteroatoms. The molecule has 1 heterocycles. The predicted molar refractivity (Wildman–Crippen MR) is 51.6 cm³/mol. The molecule has 1 N–H and O–H groups in total. The molecule has 1 aliphatic carbocycles. The van der Waals surface area contributed by atoms with Crippen molar-refractivity contribution in [1.82, 2.24) is 10.2 Å². The smallest absolute Gasteiger partial charge is 0.312 e. The molecule has 0 radical (unpaired) electrons. The summed E-state index contributed by atoms with van der Waals surface area (Å²) in [6.07, 6.45) is -1.39. The molecule has 2 nitrogen and oxygen atoms in total. The summed E-state index contributed by atoms with van der Waals surface area (Å²) in [5.74, 6) is -1.14. The number of rotatable bonds is 3. The Hall–Kier alpha value is -0.290. The van der Waals surface area contributed by atoms with Crippen LogP contribution in [-0.2, 0) is 0 Å². The topological polar surface area (TPSA) is 15.3 Å². The lowest BCUT2D eigenvalue weighted by molar-refractivity contribution is -0.169. The van der Waals surface area contributed by atoms with E-state index in [-0.39, 0.29) is 19.0 Å². The zero-order valence-electron chi connectivity index (χ0n) is 8.85. The van der Waals surface area contributed by atoms with E-state index in [9.17, 15) is 13.2 Å². The molecule has 1 saturated heterocycles. The van der Waals surface area contributed by atoms with Gasteiger partial charge in [0.15, 0.2) is 0 Å². The van der Waals surface area contributed by atoms with Crippen LogP contribution in [0.5, 0.6) is 0 Å². The summed E-state index contributed by atoms with van der Waals surface area (Å²) < 4.78 is 37.2. The van der Waals surface area contributed by atoms with Crippen LogP contribution in [0, 0.1) is 5.92 Å². The molecule has 1 saturated carbocycles. The summed E-state index contributed by atoms with van der Waals surface area (Å²) in [6.45, 7) is 0.837. The van der Waals surface area contributed by atoms with Crippen LogP contribution in [0.2, 0.25) is 0 Å². The third kappa shape index (κ3) is 2.84. The molecule has 2 atom stereocenters. The monoisotopic (exact) mass is 222 g/mol. The average molecular weight is 222 g/mol. The van der Waals surface area contributed by atoms with Crippen molar-refractivity contribution < 1.29 is 13.2 Å². The lowest BCUT2D eigenvalue weighted by atomic mass is 10.1. The Morgan fingerprint density at radius 1 is 1.33 bits per heavy atom. The number of hydrogen-bond acceptors (Lipinski definition) is 2. The molecule has 2 fully saturated rings. The molecule has 88 valence electrons. The van der Waals surface area contributed by atoms with Crippen LogP contribution >= 0.6 is 0 Å². The minimum atomic E-state index is -4.03. The molecule has 1 aliphatic heterocycles. The van der Waals surface area contributed by atoms with Gasteiger partial charge in [0.25, 0.3) is 0 Å². The fraction of sp³-hybridized carbons (Fsp3) is 1.00. The molecule has 15 heavy (non-hydrogen) atoms. The highest BCUT2D eigenvalue weighted by Crippen LogP contribution is 2.33. The van der Waals surface area contributed by atoms with Crippen molar-refractivity contribution in [1.29, 1.82) is 0 Å². The number of nitrogens with zero attached hydrogens (tertiary/aromatic N) is 1. The van der Waals surface area contributed by atoms with Crippen LogP contribution in [0.4, 0.5) is 13.2 Å². The van der Waals surface area contributed by atoms with E-state index in [1.807, 2.05) is 7.05 Å². The molecular weight excluding hydrogens is 205 g/mol. The highest BCUT2D eigenvalue weighted by atomic mass is 19.4. The summed E-state index contributed by atoms with van der Waals surface area (Å²) in [5.41, 5.74) is 0. The summed E-state index contributed by atoms with van der Waals surface area (Å²) in [5, 5.41) is 2.97. The predicted octanol–water partition coefficient (Wildman–Crippen LogP) is 1.62. The van der Waals surface area contributed by atoms with E-state index in [0.29, 0.717) is 6.04 Å². The van der Waals surface area contributed by atoms with Crippen LogP contribution in [0.1, 0.15) is 19.3 Å². The second-order valence-corrected chi connectivity index (χ2v) is 4.75. The standard InChI is InChI=1S/C10H17F3N2/c1-15(9-2-3-9)6-8-4-7(5-14-8)10(11,12)13/h7-9,14H,2-6H2,1H3.